The average molecular weight is 356 g/mol. The minimum Gasteiger partial charge on any atom is -0.478 e. The molecule has 3 rings (SSSR count). The fourth-order valence-corrected chi connectivity index (χ4v) is 2.45. The van der Waals surface area contributed by atoms with Gasteiger partial charge in [0.1, 0.15) is 5.58 Å². The zero-order valence-corrected chi connectivity index (χ0v) is 14.2. The zero-order chi connectivity index (χ0) is 18.7. The summed E-state index contributed by atoms with van der Waals surface area (Å²) in [6, 6.07) is 13.0. The molecule has 0 saturated carbocycles. The summed E-state index contributed by atoms with van der Waals surface area (Å²) in [5.41, 5.74) is 5.77. The van der Waals surface area contributed by atoms with Crippen LogP contribution in [0.5, 0.6) is 5.75 Å². The molecule has 0 unspecified atom stereocenters. The predicted molar refractivity (Wildman–Crippen MR) is 93.0 cm³/mol. The lowest BCUT2D eigenvalue weighted by atomic mass is 10.1. The van der Waals surface area contributed by atoms with Gasteiger partial charge in [-0.25, -0.2) is 4.39 Å². The number of aryl methyl sites for hydroxylation is 1. The Hall–Kier alpha value is -3.35. The molecular weight excluding hydrogens is 339 g/mol. The standard InChI is InChI=1S/C19H17FN2O4/c1-11-13-7-3-5-9-15(13)26-17(11)19(24)22-21-18(23)12(2)25-16-10-6-4-8-14(16)20/h3-10,12H,1-2H3,(H,21,23)(H,22,24)/t12-/m0/s1. The van der Waals surface area contributed by atoms with Crippen LogP contribution in [0.3, 0.4) is 0 Å². The molecule has 0 spiro atoms. The number of hydrazine groups is 1. The molecule has 3 aromatic rings. The number of carbonyl (C=O) groups excluding carboxylic acids is 2. The van der Waals surface area contributed by atoms with Crippen LogP contribution in [0, 0.1) is 12.7 Å². The number of para-hydroxylation sites is 2. The van der Waals surface area contributed by atoms with Gasteiger partial charge in [-0.3, -0.25) is 20.4 Å². The highest BCUT2D eigenvalue weighted by Crippen LogP contribution is 2.24. The minimum absolute atomic E-state index is 0.0467. The van der Waals surface area contributed by atoms with Crippen LogP contribution in [0.15, 0.2) is 52.9 Å². The van der Waals surface area contributed by atoms with Crippen LogP contribution in [0.1, 0.15) is 23.0 Å². The molecule has 1 heterocycles. The van der Waals surface area contributed by atoms with E-state index < -0.39 is 23.7 Å². The number of fused-ring (bicyclic) bond motifs is 1. The highest BCUT2D eigenvalue weighted by atomic mass is 19.1. The fourth-order valence-electron chi connectivity index (χ4n) is 2.45. The lowest BCUT2D eigenvalue weighted by molar-refractivity contribution is -0.128. The molecule has 0 bridgehead atoms. The summed E-state index contributed by atoms with van der Waals surface area (Å²) in [6.07, 6.45) is -1.01. The van der Waals surface area contributed by atoms with E-state index in [0.29, 0.717) is 11.1 Å². The van der Waals surface area contributed by atoms with Gasteiger partial charge < -0.3 is 9.15 Å². The minimum atomic E-state index is -1.01. The monoisotopic (exact) mass is 356 g/mol. The van der Waals surface area contributed by atoms with Crippen molar-refractivity contribution in [2.45, 2.75) is 20.0 Å². The lowest BCUT2D eigenvalue weighted by Gasteiger charge is -2.15. The molecule has 2 aromatic carbocycles. The van der Waals surface area contributed by atoms with Crippen LogP contribution in [0.25, 0.3) is 11.0 Å². The second-order valence-electron chi connectivity index (χ2n) is 5.69. The van der Waals surface area contributed by atoms with Crippen LogP contribution in [-0.2, 0) is 4.79 Å². The van der Waals surface area contributed by atoms with Gasteiger partial charge in [-0.05, 0) is 32.0 Å². The third-order valence-corrected chi connectivity index (χ3v) is 3.86. The van der Waals surface area contributed by atoms with Crippen molar-refractivity contribution < 1.29 is 23.1 Å². The average Bonchev–Trinajstić information content (AvgIpc) is 2.98. The van der Waals surface area contributed by atoms with Crippen molar-refractivity contribution in [1.29, 1.82) is 0 Å². The topological polar surface area (TPSA) is 80.6 Å². The van der Waals surface area contributed by atoms with Crippen molar-refractivity contribution >= 4 is 22.8 Å². The maximum absolute atomic E-state index is 13.6. The Morgan fingerprint density at radius 3 is 2.50 bits per heavy atom. The number of nitrogens with one attached hydrogen (secondary N) is 2. The molecule has 26 heavy (non-hydrogen) atoms. The molecule has 1 aromatic heterocycles. The first kappa shape index (κ1) is 17.5. The Morgan fingerprint density at radius 1 is 1.08 bits per heavy atom. The molecule has 0 aliphatic heterocycles. The molecule has 7 heteroatoms. The van der Waals surface area contributed by atoms with E-state index in [4.69, 9.17) is 9.15 Å². The maximum atomic E-state index is 13.6. The number of halogens is 1. The highest BCUT2D eigenvalue weighted by molar-refractivity contribution is 5.99. The van der Waals surface area contributed by atoms with E-state index >= 15 is 0 Å². The third kappa shape index (κ3) is 3.51. The van der Waals surface area contributed by atoms with Gasteiger partial charge in [0.15, 0.2) is 23.4 Å². The van der Waals surface area contributed by atoms with E-state index in [2.05, 4.69) is 10.9 Å². The van der Waals surface area contributed by atoms with Crippen molar-refractivity contribution in [3.8, 4) is 5.75 Å². The Bertz CT molecular complexity index is 967. The maximum Gasteiger partial charge on any atom is 0.305 e. The van der Waals surface area contributed by atoms with E-state index in [1.54, 1.807) is 25.1 Å². The Morgan fingerprint density at radius 2 is 1.77 bits per heavy atom. The van der Waals surface area contributed by atoms with E-state index in [-0.39, 0.29) is 11.5 Å². The predicted octanol–water partition coefficient (Wildman–Crippen LogP) is 3.11. The fraction of sp³-hybridized carbons (Fsp3) is 0.158. The second-order valence-corrected chi connectivity index (χ2v) is 5.69. The molecule has 0 saturated heterocycles. The van der Waals surface area contributed by atoms with Crippen molar-refractivity contribution in [3.05, 3.63) is 65.7 Å². The summed E-state index contributed by atoms with van der Waals surface area (Å²) in [6.45, 7) is 3.20. The van der Waals surface area contributed by atoms with Crippen molar-refractivity contribution in [2.75, 3.05) is 0 Å². The van der Waals surface area contributed by atoms with E-state index in [0.717, 1.165) is 5.39 Å². The van der Waals surface area contributed by atoms with Crippen LogP contribution in [0.4, 0.5) is 4.39 Å². The first-order valence-electron chi connectivity index (χ1n) is 7.97. The molecule has 0 aliphatic rings. The van der Waals surface area contributed by atoms with Crippen LogP contribution >= 0.6 is 0 Å². The van der Waals surface area contributed by atoms with Crippen molar-refractivity contribution in [3.63, 3.8) is 0 Å². The Kier molecular flexibility index (Phi) is 4.88. The first-order valence-corrected chi connectivity index (χ1v) is 7.97. The SMILES string of the molecule is Cc1c(C(=O)NNC(=O)[C@H](C)Oc2ccccc2F)oc2ccccc12. The number of rotatable bonds is 4. The van der Waals surface area contributed by atoms with E-state index in [1.807, 2.05) is 12.1 Å². The quantitative estimate of drug-likeness (QED) is 0.704. The molecule has 1 atom stereocenters. The molecule has 2 amide bonds. The van der Waals surface area contributed by atoms with Gasteiger partial charge in [-0.2, -0.15) is 0 Å². The number of carbonyl (C=O) groups is 2. The van der Waals surface area contributed by atoms with Crippen LogP contribution in [0.2, 0.25) is 0 Å². The first-order chi connectivity index (χ1) is 12.5. The number of benzene rings is 2. The number of amides is 2. The summed E-state index contributed by atoms with van der Waals surface area (Å²) in [5.74, 6) is -1.74. The van der Waals surface area contributed by atoms with Crippen molar-refractivity contribution in [2.24, 2.45) is 0 Å². The molecule has 0 radical (unpaired) electrons. The number of hydrogen-bond acceptors (Lipinski definition) is 4. The van der Waals surface area contributed by atoms with Gasteiger partial charge in [-0.15, -0.1) is 0 Å². The third-order valence-electron chi connectivity index (χ3n) is 3.86. The number of hydrogen-bond donors (Lipinski definition) is 2. The second kappa shape index (κ2) is 7.26. The molecule has 2 N–H and O–H groups in total. The molecule has 0 aliphatic carbocycles. The highest BCUT2D eigenvalue weighted by Gasteiger charge is 2.20. The van der Waals surface area contributed by atoms with Gasteiger partial charge in [0.05, 0.1) is 0 Å². The van der Waals surface area contributed by atoms with E-state index in [9.17, 15) is 14.0 Å². The Balaban J connectivity index is 1.62. The van der Waals surface area contributed by atoms with Gasteiger partial charge in [-0.1, -0.05) is 30.3 Å². The Labute approximate surface area is 148 Å². The molecule has 0 fully saturated rings. The summed E-state index contributed by atoms with van der Waals surface area (Å²) in [5, 5.41) is 0.820. The summed E-state index contributed by atoms with van der Waals surface area (Å²) < 4.78 is 24.3. The van der Waals surface area contributed by atoms with E-state index in [1.165, 1.54) is 25.1 Å². The van der Waals surface area contributed by atoms with Gasteiger partial charge >= 0.3 is 5.91 Å². The van der Waals surface area contributed by atoms with Crippen molar-refractivity contribution in [1.82, 2.24) is 10.9 Å². The smallest absolute Gasteiger partial charge is 0.305 e. The lowest BCUT2D eigenvalue weighted by Crippen LogP contribution is -2.47. The molecular formula is C19H17FN2O4. The molecule has 6 nitrogen and oxygen atoms in total. The summed E-state index contributed by atoms with van der Waals surface area (Å²) in [4.78, 5) is 24.3. The van der Waals surface area contributed by atoms with Gasteiger partial charge in [0, 0.05) is 10.9 Å². The van der Waals surface area contributed by atoms with Gasteiger partial charge in [0.25, 0.3) is 5.91 Å². The zero-order valence-electron chi connectivity index (χ0n) is 14.2. The van der Waals surface area contributed by atoms with Gasteiger partial charge in [0.2, 0.25) is 0 Å². The largest absolute Gasteiger partial charge is 0.478 e. The summed E-state index contributed by atoms with van der Waals surface area (Å²) in [7, 11) is 0. The van der Waals surface area contributed by atoms with Crippen LogP contribution in [-0.4, -0.2) is 17.9 Å². The normalized spacial score (nSPS) is 11.8. The summed E-state index contributed by atoms with van der Waals surface area (Å²) >= 11 is 0. The molecule has 134 valence electrons. The number of ether oxygens (including phenoxy) is 1. The number of furan rings is 1. The van der Waals surface area contributed by atoms with Crippen LogP contribution < -0.4 is 15.6 Å².